The summed E-state index contributed by atoms with van der Waals surface area (Å²) in [4.78, 5) is 0. The summed E-state index contributed by atoms with van der Waals surface area (Å²) in [5.74, 6) is 0. The highest BCUT2D eigenvalue weighted by Gasteiger charge is 2.23. The number of hydrogen-bond acceptors (Lipinski definition) is 4. The normalized spacial score (nSPS) is 20.9. The van der Waals surface area contributed by atoms with Gasteiger partial charge in [0.1, 0.15) is 0 Å². The van der Waals surface area contributed by atoms with Gasteiger partial charge in [0, 0.05) is 19.6 Å². The van der Waals surface area contributed by atoms with Crippen molar-refractivity contribution in [3.05, 3.63) is 0 Å². The fourth-order valence-electron chi connectivity index (χ4n) is 1.48. The highest BCUT2D eigenvalue weighted by atomic mass is 32.2. The van der Waals surface area contributed by atoms with E-state index in [1.807, 2.05) is 0 Å². The van der Waals surface area contributed by atoms with Gasteiger partial charge in [-0.2, -0.15) is 12.7 Å². The molecule has 6 nitrogen and oxygen atoms in total. The highest BCUT2D eigenvalue weighted by Crippen LogP contribution is 2.03. The van der Waals surface area contributed by atoms with Crippen LogP contribution in [0.4, 0.5) is 0 Å². The molecule has 0 saturated carbocycles. The largest absolute Gasteiger partial charge is 0.393 e. The number of ether oxygens (including phenoxy) is 1. The first-order valence-electron chi connectivity index (χ1n) is 5.53. The van der Waals surface area contributed by atoms with Crippen molar-refractivity contribution in [2.75, 3.05) is 32.8 Å². The van der Waals surface area contributed by atoms with Crippen molar-refractivity contribution in [1.29, 1.82) is 0 Å². The van der Waals surface area contributed by atoms with Crippen LogP contribution in [-0.4, -0.2) is 56.8 Å². The molecular weight excluding hydrogens is 232 g/mol. The summed E-state index contributed by atoms with van der Waals surface area (Å²) in [6.07, 6.45) is 0.861. The molecule has 1 saturated heterocycles. The number of hydrogen-bond donors (Lipinski definition) is 2. The van der Waals surface area contributed by atoms with Crippen LogP contribution in [0.25, 0.3) is 0 Å². The number of aliphatic hydroxyl groups is 1. The molecule has 0 aromatic rings. The van der Waals surface area contributed by atoms with Crippen LogP contribution in [0, 0.1) is 0 Å². The van der Waals surface area contributed by atoms with E-state index in [0.717, 1.165) is 0 Å². The Hall–Kier alpha value is -0.210. The van der Waals surface area contributed by atoms with E-state index in [2.05, 4.69) is 4.72 Å². The zero-order valence-corrected chi connectivity index (χ0v) is 10.4. The molecule has 1 atom stereocenters. The number of nitrogens with zero attached hydrogens (tertiary/aromatic N) is 1. The molecule has 0 aromatic heterocycles. The molecule has 1 aliphatic rings. The Morgan fingerprint density at radius 2 is 2.06 bits per heavy atom. The zero-order valence-electron chi connectivity index (χ0n) is 9.55. The molecular formula is C9H20N2O4S. The van der Waals surface area contributed by atoms with Crippen LogP contribution in [0.3, 0.4) is 0 Å². The maximum Gasteiger partial charge on any atom is 0.279 e. The van der Waals surface area contributed by atoms with Crippen LogP contribution >= 0.6 is 0 Å². The topological polar surface area (TPSA) is 78.9 Å². The van der Waals surface area contributed by atoms with E-state index in [9.17, 15) is 8.42 Å². The standard InChI is InChI=1S/C9H20N2O4S/c1-9(12)3-2-4-10-16(13,14)11-5-7-15-8-6-11/h9-10,12H,2-8H2,1H3. The molecule has 2 N–H and O–H groups in total. The average molecular weight is 252 g/mol. The monoisotopic (exact) mass is 252 g/mol. The number of rotatable bonds is 6. The molecule has 0 aromatic carbocycles. The molecule has 1 heterocycles. The van der Waals surface area contributed by atoms with Gasteiger partial charge in [0.15, 0.2) is 0 Å². The van der Waals surface area contributed by atoms with Crippen molar-refractivity contribution in [3.8, 4) is 0 Å². The van der Waals surface area contributed by atoms with Gasteiger partial charge in [0.05, 0.1) is 19.3 Å². The van der Waals surface area contributed by atoms with Crippen LogP contribution < -0.4 is 4.72 Å². The van der Waals surface area contributed by atoms with Gasteiger partial charge in [-0.1, -0.05) is 0 Å². The predicted octanol–water partition coefficient (Wildman–Crippen LogP) is -0.686. The fourth-order valence-corrected chi connectivity index (χ4v) is 2.69. The van der Waals surface area contributed by atoms with Crippen LogP contribution in [0.5, 0.6) is 0 Å². The van der Waals surface area contributed by atoms with Crippen LogP contribution in [0.2, 0.25) is 0 Å². The smallest absolute Gasteiger partial charge is 0.279 e. The molecule has 1 fully saturated rings. The molecule has 7 heteroatoms. The lowest BCUT2D eigenvalue weighted by molar-refractivity contribution is 0.0725. The third kappa shape index (κ3) is 4.75. The Labute approximate surface area is 96.8 Å². The van der Waals surface area contributed by atoms with Gasteiger partial charge in [-0.05, 0) is 19.8 Å². The molecule has 0 amide bonds. The molecule has 96 valence electrons. The van der Waals surface area contributed by atoms with Crippen LogP contribution in [0.15, 0.2) is 0 Å². The Morgan fingerprint density at radius 1 is 1.44 bits per heavy atom. The van der Waals surface area contributed by atoms with E-state index < -0.39 is 10.2 Å². The second-order valence-corrected chi connectivity index (χ2v) is 5.66. The third-order valence-corrected chi connectivity index (χ3v) is 4.01. The molecule has 0 bridgehead atoms. The summed E-state index contributed by atoms with van der Waals surface area (Å²) in [7, 11) is -3.36. The van der Waals surface area contributed by atoms with Crippen molar-refractivity contribution < 1.29 is 18.3 Å². The summed E-state index contributed by atoms with van der Waals surface area (Å²) >= 11 is 0. The SMILES string of the molecule is CC(O)CCCNS(=O)(=O)N1CCOCC1. The van der Waals surface area contributed by atoms with Gasteiger partial charge in [0.2, 0.25) is 0 Å². The van der Waals surface area contributed by atoms with Gasteiger partial charge < -0.3 is 9.84 Å². The quantitative estimate of drug-likeness (QED) is 0.614. The number of morpholine rings is 1. The summed E-state index contributed by atoms with van der Waals surface area (Å²) in [6, 6.07) is 0. The lowest BCUT2D eigenvalue weighted by Crippen LogP contribution is -2.46. The predicted molar refractivity (Wildman–Crippen MR) is 60.2 cm³/mol. The van der Waals surface area contributed by atoms with Crippen molar-refractivity contribution in [2.45, 2.75) is 25.9 Å². The molecule has 1 rings (SSSR count). The molecule has 0 aliphatic carbocycles. The summed E-state index contributed by atoms with van der Waals surface area (Å²) in [6.45, 7) is 3.78. The van der Waals surface area contributed by atoms with Gasteiger partial charge >= 0.3 is 0 Å². The lowest BCUT2D eigenvalue weighted by atomic mass is 10.2. The number of aliphatic hydroxyl groups excluding tert-OH is 1. The third-order valence-electron chi connectivity index (χ3n) is 2.39. The van der Waals surface area contributed by atoms with E-state index in [1.165, 1.54) is 4.31 Å². The number of nitrogens with one attached hydrogen (secondary N) is 1. The van der Waals surface area contributed by atoms with Gasteiger partial charge in [0.25, 0.3) is 10.2 Å². The zero-order chi connectivity index (χ0) is 12.0. The summed E-state index contributed by atoms with van der Waals surface area (Å²) in [5, 5.41) is 9.03. The molecule has 0 radical (unpaired) electrons. The summed E-state index contributed by atoms with van der Waals surface area (Å²) < 4.78 is 32.4. The Kier molecular flexibility index (Phi) is 5.63. The lowest BCUT2D eigenvalue weighted by Gasteiger charge is -2.26. The second-order valence-electron chi connectivity index (χ2n) is 3.90. The van der Waals surface area contributed by atoms with Gasteiger partial charge in [-0.3, -0.25) is 0 Å². The van der Waals surface area contributed by atoms with Crippen molar-refractivity contribution in [3.63, 3.8) is 0 Å². The Balaban J connectivity index is 2.27. The first-order valence-corrected chi connectivity index (χ1v) is 6.97. The molecule has 16 heavy (non-hydrogen) atoms. The minimum Gasteiger partial charge on any atom is -0.393 e. The van der Waals surface area contributed by atoms with E-state index in [-0.39, 0.29) is 6.10 Å². The maximum atomic E-state index is 11.7. The second kappa shape index (κ2) is 6.51. The molecule has 1 aliphatic heterocycles. The first kappa shape index (κ1) is 13.9. The fraction of sp³-hybridized carbons (Fsp3) is 1.00. The Morgan fingerprint density at radius 3 is 2.62 bits per heavy atom. The molecule has 1 unspecified atom stereocenters. The van der Waals surface area contributed by atoms with E-state index in [4.69, 9.17) is 9.84 Å². The minimum atomic E-state index is -3.36. The summed E-state index contributed by atoms with van der Waals surface area (Å²) in [5.41, 5.74) is 0. The van der Waals surface area contributed by atoms with Crippen LogP contribution in [-0.2, 0) is 14.9 Å². The maximum absolute atomic E-state index is 11.7. The van der Waals surface area contributed by atoms with E-state index in [0.29, 0.717) is 45.7 Å². The van der Waals surface area contributed by atoms with Gasteiger partial charge in [-0.15, -0.1) is 0 Å². The Bertz CT molecular complexity index is 286. The minimum absolute atomic E-state index is 0.366. The van der Waals surface area contributed by atoms with Crippen molar-refractivity contribution >= 4 is 10.2 Å². The highest BCUT2D eigenvalue weighted by molar-refractivity contribution is 7.87. The van der Waals surface area contributed by atoms with Crippen molar-refractivity contribution in [2.24, 2.45) is 0 Å². The van der Waals surface area contributed by atoms with Crippen molar-refractivity contribution in [1.82, 2.24) is 9.03 Å². The van der Waals surface area contributed by atoms with E-state index >= 15 is 0 Å². The first-order chi connectivity index (χ1) is 7.52. The molecule has 0 spiro atoms. The van der Waals surface area contributed by atoms with E-state index in [1.54, 1.807) is 6.92 Å². The van der Waals surface area contributed by atoms with Gasteiger partial charge in [-0.25, -0.2) is 4.72 Å². The van der Waals surface area contributed by atoms with Crippen LogP contribution in [0.1, 0.15) is 19.8 Å². The average Bonchev–Trinajstić information content (AvgIpc) is 2.26.